The highest BCUT2D eigenvalue weighted by atomic mass is 32.2. The fourth-order valence-electron chi connectivity index (χ4n) is 1.55. The van der Waals surface area contributed by atoms with Crippen molar-refractivity contribution in [3.63, 3.8) is 0 Å². The third kappa shape index (κ3) is 5.62. The predicted molar refractivity (Wildman–Crippen MR) is 74.9 cm³/mol. The molecule has 0 amide bonds. The van der Waals surface area contributed by atoms with Crippen molar-refractivity contribution in [1.29, 1.82) is 0 Å². The molecule has 0 heterocycles. The molecule has 1 aromatic carbocycles. The Labute approximate surface area is 110 Å². The first kappa shape index (κ1) is 15.1. The van der Waals surface area contributed by atoms with E-state index in [-0.39, 0.29) is 5.75 Å². The summed E-state index contributed by atoms with van der Waals surface area (Å²) in [5.74, 6) is 0.108. The van der Waals surface area contributed by atoms with Gasteiger partial charge in [0.15, 0.2) is 0 Å². The zero-order valence-corrected chi connectivity index (χ0v) is 12.0. The van der Waals surface area contributed by atoms with E-state index in [1.165, 1.54) is 0 Å². The van der Waals surface area contributed by atoms with E-state index in [0.717, 1.165) is 11.1 Å². The van der Waals surface area contributed by atoms with Gasteiger partial charge >= 0.3 is 0 Å². The second-order valence-electron chi connectivity index (χ2n) is 4.68. The Morgan fingerprint density at radius 2 is 1.89 bits per heavy atom. The van der Waals surface area contributed by atoms with Crippen LogP contribution in [0.4, 0.5) is 0 Å². The third-order valence-corrected chi connectivity index (χ3v) is 3.99. The normalized spacial score (nSPS) is 12.0. The van der Waals surface area contributed by atoms with E-state index in [0.29, 0.717) is 19.1 Å². The van der Waals surface area contributed by atoms with Gasteiger partial charge in [0.1, 0.15) is 0 Å². The number of aryl methyl sites for hydroxylation is 1. The van der Waals surface area contributed by atoms with Gasteiger partial charge in [-0.15, -0.1) is 0 Å². The van der Waals surface area contributed by atoms with Crippen LogP contribution in [-0.2, 0) is 16.6 Å². The molecule has 102 valence electrons. The maximum absolute atomic E-state index is 11.7. The SMILES string of the molecule is Cc1ccccc1CNS(=O)(=O)CCNC(C)C. The summed E-state index contributed by atoms with van der Waals surface area (Å²) in [7, 11) is -3.20. The molecule has 0 saturated heterocycles. The van der Waals surface area contributed by atoms with Crippen molar-refractivity contribution in [2.45, 2.75) is 33.4 Å². The number of rotatable bonds is 7. The second-order valence-corrected chi connectivity index (χ2v) is 6.60. The molecule has 5 heteroatoms. The van der Waals surface area contributed by atoms with Crippen molar-refractivity contribution < 1.29 is 8.42 Å². The molecular weight excluding hydrogens is 248 g/mol. The molecule has 1 rings (SSSR count). The number of hydrogen-bond donors (Lipinski definition) is 2. The summed E-state index contributed by atoms with van der Waals surface area (Å²) in [6, 6.07) is 8.07. The summed E-state index contributed by atoms with van der Waals surface area (Å²) in [5.41, 5.74) is 2.11. The Morgan fingerprint density at radius 3 is 2.50 bits per heavy atom. The molecular formula is C13H22N2O2S. The molecule has 0 aliphatic rings. The average Bonchev–Trinajstić information content (AvgIpc) is 2.27. The van der Waals surface area contributed by atoms with Crippen molar-refractivity contribution in [2.24, 2.45) is 0 Å². The largest absolute Gasteiger partial charge is 0.313 e. The third-order valence-electron chi connectivity index (χ3n) is 2.67. The topological polar surface area (TPSA) is 58.2 Å². The van der Waals surface area contributed by atoms with Crippen LogP contribution in [0.3, 0.4) is 0 Å². The highest BCUT2D eigenvalue weighted by Gasteiger charge is 2.10. The molecule has 0 saturated carbocycles. The summed E-state index contributed by atoms with van der Waals surface area (Å²) in [6.45, 7) is 6.79. The molecule has 0 fully saturated rings. The van der Waals surface area contributed by atoms with Gasteiger partial charge in [-0.1, -0.05) is 38.1 Å². The van der Waals surface area contributed by atoms with E-state index < -0.39 is 10.0 Å². The fraction of sp³-hybridized carbons (Fsp3) is 0.538. The highest BCUT2D eigenvalue weighted by molar-refractivity contribution is 7.89. The van der Waals surface area contributed by atoms with Crippen LogP contribution in [-0.4, -0.2) is 26.8 Å². The molecule has 0 spiro atoms. The number of hydrogen-bond acceptors (Lipinski definition) is 3. The Kier molecular flexibility index (Phi) is 5.78. The van der Waals surface area contributed by atoms with Gasteiger partial charge in [-0.25, -0.2) is 13.1 Å². The van der Waals surface area contributed by atoms with Crippen molar-refractivity contribution in [2.75, 3.05) is 12.3 Å². The van der Waals surface area contributed by atoms with Crippen molar-refractivity contribution in [1.82, 2.24) is 10.0 Å². The van der Waals surface area contributed by atoms with Gasteiger partial charge in [0.05, 0.1) is 5.75 Å². The number of nitrogens with one attached hydrogen (secondary N) is 2. The molecule has 0 unspecified atom stereocenters. The molecule has 0 aromatic heterocycles. The zero-order chi connectivity index (χ0) is 13.6. The lowest BCUT2D eigenvalue weighted by molar-refractivity contribution is 0.566. The minimum absolute atomic E-state index is 0.108. The van der Waals surface area contributed by atoms with E-state index in [2.05, 4.69) is 10.0 Å². The fourth-order valence-corrected chi connectivity index (χ4v) is 2.46. The van der Waals surface area contributed by atoms with E-state index in [9.17, 15) is 8.42 Å². The summed E-state index contributed by atoms with van der Waals surface area (Å²) < 4.78 is 26.1. The van der Waals surface area contributed by atoms with Gasteiger partial charge in [-0.05, 0) is 18.1 Å². The van der Waals surface area contributed by atoms with Crippen molar-refractivity contribution >= 4 is 10.0 Å². The minimum atomic E-state index is -3.20. The first-order valence-corrected chi connectivity index (χ1v) is 7.81. The summed E-state index contributed by atoms with van der Waals surface area (Å²) >= 11 is 0. The smallest absolute Gasteiger partial charge is 0.213 e. The van der Waals surface area contributed by atoms with Crippen LogP contribution >= 0.6 is 0 Å². The van der Waals surface area contributed by atoms with Crippen LogP contribution in [0.25, 0.3) is 0 Å². The average molecular weight is 270 g/mol. The van der Waals surface area contributed by atoms with E-state index in [1.54, 1.807) is 0 Å². The predicted octanol–water partition coefficient (Wildman–Crippen LogP) is 1.41. The Hall–Kier alpha value is -0.910. The second kappa shape index (κ2) is 6.87. The maximum Gasteiger partial charge on any atom is 0.213 e. The maximum atomic E-state index is 11.7. The van der Waals surface area contributed by atoms with Crippen LogP contribution in [0.1, 0.15) is 25.0 Å². The molecule has 0 aliphatic carbocycles. The molecule has 18 heavy (non-hydrogen) atoms. The van der Waals surface area contributed by atoms with Crippen molar-refractivity contribution in [3.05, 3.63) is 35.4 Å². The van der Waals surface area contributed by atoms with Crippen LogP contribution in [0.15, 0.2) is 24.3 Å². The van der Waals surface area contributed by atoms with Crippen LogP contribution in [0, 0.1) is 6.92 Å². The molecule has 1 aromatic rings. The molecule has 4 nitrogen and oxygen atoms in total. The lowest BCUT2D eigenvalue weighted by Crippen LogP contribution is -2.34. The molecule has 0 atom stereocenters. The van der Waals surface area contributed by atoms with E-state index in [4.69, 9.17) is 0 Å². The standard InChI is InChI=1S/C13H22N2O2S/c1-11(2)14-8-9-18(16,17)15-10-13-7-5-4-6-12(13)3/h4-7,11,14-15H,8-10H2,1-3H3. The number of benzene rings is 1. The summed E-state index contributed by atoms with van der Waals surface area (Å²) in [5, 5.41) is 3.09. The zero-order valence-electron chi connectivity index (χ0n) is 11.2. The quantitative estimate of drug-likeness (QED) is 0.787. The molecule has 2 N–H and O–H groups in total. The molecule has 0 radical (unpaired) electrons. The van der Waals surface area contributed by atoms with Gasteiger partial charge < -0.3 is 5.32 Å². The molecule has 0 aliphatic heterocycles. The highest BCUT2D eigenvalue weighted by Crippen LogP contribution is 2.06. The molecule has 0 bridgehead atoms. The van der Waals surface area contributed by atoms with Crippen LogP contribution in [0.2, 0.25) is 0 Å². The Balaban J connectivity index is 2.45. The van der Waals surface area contributed by atoms with E-state index in [1.807, 2.05) is 45.0 Å². The van der Waals surface area contributed by atoms with Crippen LogP contribution < -0.4 is 10.0 Å². The van der Waals surface area contributed by atoms with Gasteiger partial charge in [-0.3, -0.25) is 0 Å². The number of sulfonamides is 1. The Morgan fingerprint density at radius 1 is 1.22 bits per heavy atom. The first-order chi connectivity index (χ1) is 8.41. The lowest BCUT2D eigenvalue weighted by atomic mass is 10.1. The van der Waals surface area contributed by atoms with Gasteiger partial charge in [-0.2, -0.15) is 0 Å². The lowest BCUT2D eigenvalue weighted by Gasteiger charge is -2.10. The van der Waals surface area contributed by atoms with Gasteiger partial charge in [0.2, 0.25) is 10.0 Å². The summed E-state index contributed by atoms with van der Waals surface area (Å²) in [4.78, 5) is 0. The van der Waals surface area contributed by atoms with Gasteiger partial charge in [0, 0.05) is 19.1 Å². The van der Waals surface area contributed by atoms with Crippen molar-refractivity contribution in [3.8, 4) is 0 Å². The van der Waals surface area contributed by atoms with Crippen LogP contribution in [0.5, 0.6) is 0 Å². The Bertz CT molecular complexity index is 470. The van der Waals surface area contributed by atoms with E-state index >= 15 is 0 Å². The minimum Gasteiger partial charge on any atom is -0.313 e. The monoisotopic (exact) mass is 270 g/mol. The van der Waals surface area contributed by atoms with Gasteiger partial charge in [0.25, 0.3) is 0 Å². The first-order valence-electron chi connectivity index (χ1n) is 6.16. The summed E-state index contributed by atoms with van der Waals surface area (Å²) in [6.07, 6.45) is 0.